The molecule has 0 heterocycles. The molecular weight excluding hydrogens is 929 g/mol. The predicted molar refractivity (Wildman–Crippen MR) is 328 cm³/mol. The number of rotatable bonds is 12. The van der Waals surface area contributed by atoms with E-state index in [1.807, 2.05) is 0 Å². The van der Waals surface area contributed by atoms with E-state index in [-0.39, 0.29) is 0 Å². The molecule has 13 aromatic carbocycles. The summed E-state index contributed by atoms with van der Waals surface area (Å²) in [5.74, 6) is 0. The van der Waals surface area contributed by atoms with Crippen molar-refractivity contribution in [3.63, 3.8) is 0 Å². The van der Waals surface area contributed by atoms with Crippen molar-refractivity contribution in [2.75, 3.05) is 9.80 Å². The van der Waals surface area contributed by atoms with Gasteiger partial charge in [0, 0.05) is 34.1 Å². The van der Waals surface area contributed by atoms with Crippen LogP contribution in [0.25, 0.3) is 88.3 Å². The Labute approximate surface area is 451 Å². The van der Waals surface area contributed by atoms with Gasteiger partial charge in [-0.05, 0) is 168 Å². The molecule has 0 atom stereocenters. The Morgan fingerprint density at radius 1 is 0.182 bits per heavy atom. The van der Waals surface area contributed by atoms with Crippen LogP contribution in [0.3, 0.4) is 0 Å². The van der Waals surface area contributed by atoms with Gasteiger partial charge in [0.25, 0.3) is 0 Å². The quantitative estimate of drug-likeness (QED) is 0.113. The molecule has 0 aliphatic heterocycles. The highest BCUT2D eigenvalue weighted by atomic mass is 15.1. The first-order chi connectivity index (χ1) is 38.1. The standard InChI is InChI=1S/C75H54N2/c1-53-27-29-63(30-28-53)75-71-50-48-68(76(64-39-31-58(32-40-64)54-17-7-2-8-18-54)65-41-33-59(34-42-65)55-19-9-3-10-20-55)51-72(71)74(62-25-15-6-16-26-62)70-49-47-69(52-73(70)75)77(66-43-35-60(36-44-66)56-21-11-4-12-22-56)67-45-37-61(38-46-67)57-23-13-5-14-24-57/h2-52H,1H3. The highest BCUT2D eigenvalue weighted by Crippen LogP contribution is 2.49. The fourth-order valence-electron chi connectivity index (χ4n) is 11.1. The van der Waals surface area contributed by atoms with Gasteiger partial charge < -0.3 is 9.80 Å². The van der Waals surface area contributed by atoms with Gasteiger partial charge in [0.1, 0.15) is 0 Å². The molecule has 0 bridgehead atoms. The Bertz CT molecular complexity index is 3960. The summed E-state index contributed by atoms with van der Waals surface area (Å²) >= 11 is 0. The van der Waals surface area contributed by atoms with Crippen molar-refractivity contribution >= 4 is 55.7 Å². The molecule has 0 unspecified atom stereocenters. The number of hydrogen-bond acceptors (Lipinski definition) is 2. The molecule has 0 aromatic heterocycles. The van der Waals surface area contributed by atoms with Crippen LogP contribution in [0.5, 0.6) is 0 Å². The van der Waals surface area contributed by atoms with Crippen LogP contribution in [0.4, 0.5) is 34.1 Å². The molecule has 0 amide bonds. The Hall–Kier alpha value is -10.0. The van der Waals surface area contributed by atoms with Crippen molar-refractivity contribution in [1.82, 2.24) is 0 Å². The van der Waals surface area contributed by atoms with Crippen molar-refractivity contribution in [3.05, 3.63) is 315 Å². The lowest BCUT2D eigenvalue weighted by Crippen LogP contribution is -2.10. The van der Waals surface area contributed by atoms with E-state index in [4.69, 9.17) is 0 Å². The van der Waals surface area contributed by atoms with Crippen molar-refractivity contribution in [1.29, 1.82) is 0 Å². The topological polar surface area (TPSA) is 6.48 Å². The van der Waals surface area contributed by atoms with E-state index >= 15 is 0 Å². The first-order valence-corrected chi connectivity index (χ1v) is 26.5. The molecule has 0 aliphatic carbocycles. The summed E-state index contributed by atoms with van der Waals surface area (Å²) in [6.07, 6.45) is 0. The van der Waals surface area contributed by atoms with E-state index in [1.54, 1.807) is 0 Å². The monoisotopic (exact) mass is 982 g/mol. The second-order valence-electron chi connectivity index (χ2n) is 19.8. The van der Waals surface area contributed by atoms with Gasteiger partial charge in [-0.15, -0.1) is 0 Å². The Balaban J connectivity index is 1.03. The molecule has 0 N–H and O–H groups in total. The van der Waals surface area contributed by atoms with Crippen molar-refractivity contribution in [2.24, 2.45) is 0 Å². The fourth-order valence-corrected chi connectivity index (χ4v) is 11.1. The van der Waals surface area contributed by atoms with Gasteiger partial charge in [0.15, 0.2) is 0 Å². The van der Waals surface area contributed by atoms with Gasteiger partial charge in [-0.2, -0.15) is 0 Å². The maximum absolute atomic E-state index is 2.43. The molecule has 0 fully saturated rings. The SMILES string of the molecule is Cc1ccc(-c2c3ccc(N(c4ccc(-c5ccccc5)cc4)c4ccc(-c5ccccc5)cc4)cc3c(-c3ccccc3)c3ccc(N(c4ccc(-c5ccccc5)cc4)c4ccc(-c5ccccc5)cc4)cc23)cc1. The van der Waals surface area contributed by atoms with E-state index in [2.05, 4.69) is 326 Å². The second-order valence-corrected chi connectivity index (χ2v) is 19.8. The molecular formula is C75H54N2. The summed E-state index contributed by atoms with van der Waals surface area (Å²) in [5.41, 5.74) is 21.9. The summed E-state index contributed by atoms with van der Waals surface area (Å²) in [7, 11) is 0. The van der Waals surface area contributed by atoms with Crippen LogP contribution >= 0.6 is 0 Å². The van der Waals surface area contributed by atoms with E-state index < -0.39 is 0 Å². The lowest BCUT2D eigenvalue weighted by molar-refractivity contribution is 1.29. The highest BCUT2D eigenvalue weighted by Gasteiger charge is 2.23. The normalized spacial score (nSPS) is 11.2. The van der Waals surface area contributed by atoms with Gasteiger partial charge in [-0.1, -0.05) is 242 Å². The summed E-state index contributed by atoms with van der Waals surface area (Å²) in [4.78, 5) is 4.81. The molecule has 0 saturated carbocycles. The van der Waals surface area contributed by atoms with Crippen LogP contribution in [0.15, 0.2) is 309 Å². The number of benzene rings is 13. The summed E-state index contributed by atoms with van der Waals surface area (Å²) in [6, 6.07) is 113. The van der Waals surface area contributed by atoms with Crippen LogP contribution in [-0.2, 0) is 0 Å². The molecule has 364 valence electrons. The third kappa shape index (κ3) is 9.35. The Morgan fingerprint density at radius 3 is 0.688 bits per heavy atom. The Kier molecular flexibility index (Phi) is 12.6. The molecule has 0 aliphatic rings. The molecule has 77 heavy (non-hydrogen) atoms. The number of aryl methyl sites for hydroxylation is 1. The third-order valence-corrected chi connectivity index (χ3v) is 14.9. The average Bonchev–Trinajstić information content (AvgIpc) is 3.51. The zero-order chi connectivity index (χ0) is 51.5. The lowest BCUT2D eigenvalue weighted by atomic mass is 9.85. The number of hydrogen-bond donors (Lipinski definition) is 0. The largest absolute Gasteiger partial charge is 0.310 e. The van der Waals surface area contributed by atoms with Crippen LogP contribution < -0.4 is 9.80 Å². The number of anilines is 6. The van der Waals surface area contributed by atoms with Gasteiger partial charge in [0.2, 0.25) is 0 Å². The van der Waals surface area contributed by atoms with Crippen molar-refractivity contribution in [2.45, 2.75) is 6.92 Å². The average molecular weight is 983 g/mol. The molecule has 13 aromatic rings. The smallest absolute Gasteiger partial charge is 0.0468 e. The first kappa shape index (κ1) is 46.7. The van der Waals surface area contributed by atoms with Crippen LogP contribution in [0, 0.1) is 6.92 Å². The van der Waals surface area contributed by atoms with E-state index in [0.29, 0.717) is 0 Å². The predicted octanol–water partition coefficient (Wildman–Crippen LogP) is 21.2. The van der Waals surface area contributed by atoms with Crippen LogP contribution in [-0.4, -0.2) is 0 Å². The summed E-state index contributed by atoms with van der Waals surface area (Å²) in [6.45, 7) is 2.17. The molecule has 2 heteroatoms. The third-order valence-electron chi connectivity index (χ3n) is 14.9. The highest BCUT2D eigenvalue weighted by molar-refractivity contribution is 6.22. The van der Waals surface area contributed by atoms with Gasteiger partial charge in [0.05, 0.1) is 0 Å². The zero-order valence-corrected chi connectivity index (χ0v) is 42.8. The van der Waals surface area contributed by atoms with Gasteiger partial charge >= 0.3 is 0 Å². The van der Waals surface area contributed by atoms with Crippen molar-refractivity contribution < 1.29 is 0 Å². The minimum Gasteiger partial charge on any atom is -0.310 e. The van der Waals surface area contributed by atoms with Gasteiger partial charge in [-0.3, -0.25) is 0 Å². The molecule has 0 spiro atoms. The van der Waals surface area contributed by atoms with E-state index in [1.165, 1.54) is 93.9 Å². The minimum absolute atomic E-state index is 1.07. The molecule has 2 nitrogen and oxygen atoms in total. The van der Waals surface area contributed by atoms with E-state index in [9.17, 15) is 0 Å². The van der Waals surface area contributed by atoms with E-state index in [0.717, 1.165) is 34.1 Å². The summed E-state index contributed by atoms with van der Waals surface area (Å²) < 4.78 is 0. The number of nitrogens with zero attached hydrogens (tertiary/aromatic N) is 2. The molecule has 0 radical (unpaired) electrons. The summed E-state index contributed by atoms with van der Waals surface area (Å²) in [5, 5.41) is 4.74. The minimum atomic E-state index is 1.07. The number of fused-ring (bicyclic) bond motifs is 2. The van der Waals surface area contributed by atoms with Crippen LogP contribution in [0.2, 0.25) is 0 Å². The fraction of sp³-hybridized carbons (Fsp3) is 0.0133. The molecule has 0 saturated heterocycles. The zero-order valence-electron chi connectivity index (χ0n) is 42.8. The molecule has 13 rings (SSSR count). The maximum Gasteiger partial charge on any atom is 0.0468 e. The first-order valence-electron chi connectivity index (χ1n) is 26.5. The second kappa shape index (κ2) is 20.7. The van der Waals surface area contributed by atoms with Crippen molar-refractivity contribution in [3.8, 4) is 66.8 Å². The maximum atomic E-state index is 2.43. The van der Waals surface area contributed by atoms with Crippen LogP contribution in [0.1, 0.15) is 5.56 Å². The Morgan fingerprint density at radius 2 is 0.403 bits per heavy atom. The lowest BCUT2D eigenvalue weighted by Gasteiger charge is -2.28. The van der Waals surface area contributed by atoms with Gasteiger partial charge in [-0.25, -0.2) is 0 Å².